The van der Waals surface area contributed by atoms with Crippen LogP contribution in [0.4, 0.5) is 11.8 Å². The van der Waals surface area contributed by atoms with E-state index in [2.05, 4.69) is 28.2 Å². The molecule has 4 nitrogen and oxygen atoms in total. The van der Waals surface area contributed by atoms with Crippen LogP contribution in [0.2, 0.25) is 5.02 Å². The van der Waals surface area contributed by atoms with Gasteiger partial charge in [0.15, 0.2) is 0 Å². The highest BCUT2D eigenvalue weighted by atomic mass is 35.5. The lowest BCUT2D eigenvalue weighted by atomic mass is 9.94. The second-order valence-corrected chi connectivity index (χ2v) is 6.62. The van der Waals surface area contributed by atoms with Crippen molar-refractivity contribution in [2.75, 3.05) is 11.5 Å². The standard InChI is InChI=1S/C21H17ClN4/c1-12-17(9-10-18-19(12)20(23)26-21(24)25-18)15-4-2-3-14(11-15)13-5-7-16(22)8-6-13/h2-11H,1H3,(H4,23,24,25,26). The fraction of sp³-hybridized carbons (Fsp3) is 0.0476. The van der Waals surface area contributed by atoms with E-state index in [1.807, 2.05) is 49.4 Å². The van der Waals surface area contributed by atoms with Gasteiger partial charge in [-0.25, -0.2) is 4.98 Å². The van der Waals surface area contributed by atoms with Crippen molar-refractivity contribution in [3.8, 4) is 22.3 Å². The van der Waals surface area contributed by atoms with E-state index in [4.69, 9.17) is 23.1 Å². The van der Waals surface area contributed by atoms with Crippen molar-refractivity contribution >= 4 is 34.3 Å². The van der Waals surface area contributed by atoms with Gasteiger partial charge in [-0.05, 0) is 59.0 Å². The van der Waals surface area contributed by atoms with Gasteiger partial charge in [-0.2, -0.15) is 4.98 Å². The Morgan fingerprint density at radius 2 is 1.54 bits per heavy atom. The SMILES string of the molecule is Cc1c(-c2cccc(-c3ccc(Cl)cc3)c2)ccc2nc(N)nc(N)c12. The van der Waals surface area contributed by atoms with Crippen LogP contribution in [0.1, 0.15) is 5.56 Å². The molecule has 0 amide bonds. The largest absolute Gasteiger partial charge is 0.383 e. The quantitative estimate of drug-likeness (QED) is 0.522. The van der Waals surface area contributed by atoms with Gasteiger partial charge in [0.1, 0.15) is 5.82 Å². The monoisotopic (exact) mass is 360 g/mol. The van der Waals surface area contributed by atoms with E-state index >= 15 is 0 Å². The Hall–Kier alpha value is -3.11. The first kappa shape index (κ1) is 16.4. The summed E-state index contributed by atoms with van der Waals surface area (Å²) < 4.78 is 0. The molecule has 0 fully saturated rings. The number of nitrogens with zero attached hydrogens (tertiary/aromatic N) is 2. The minimum absolute atomic E-state index is 0.187. The van der Waals surface area contributed by atoms with E-state index in [1.54, 1.807) is 0 Å². The van der Waals surface area contributed by atoms with Gasteiger partial charge in [0.2, 0.25) is 5.95 Å². The topological polar surface area (TPSA) is 77.8 Å². The average molecular weight is 361 g/mol. The summed E-state index contributed by atoms with van der Waals surface area (Å²) in [5, 5.41) is 1.57. The third-order valence-electron chi connectivity index (χ3n) is 4.52. The van der Waals surface area contributed by atoms with E-state index in [-0.39, 0.29) is 5.95 Å². The summed E-state index contributed by atoms with van der Waals surface area (Å²) in [6.07, 6.45) is 0. The molecule has 0 radical (unpaired) electrons. The van der Waals surface area contributed by atoms with Crippen LogP contribution < -0.4 is 11.5 Å². The number of hydrogen-bond acceptors (Lipinski definition) is 4. The summed E-state index contributed by atoms with van der Waals surface area (Å²) in [7, 11) is 0. The first-order valence-corrected chi connectivity index (χ1v) is 8.59. The summed E-state index contributed by atoms with van der Waals surface area (Å²) in [4.78, 5) is 8.38. The molecule has 1 aromatic heterocycles. The molecule has 0 unspecified atom stereocenters. The normalized spacial score (nSPS) is 11.0. The van der Waals surface area contributed by atoms with Crippen LogP contribution in [0.25, 0.3) is 33.2 Å². The van der Waals surface area contributed by atoms with E-state index in [0.29, 0.717) is 5.82 Å². The van der Waals surface area contributed by atoms with Crippen molar-refractivity contribution in [2.45, 2.75) is 6.92 Å². The summed E-state index contributed by atoms with van der Waals surface area (Å²) in [6.45, 7) is 2.03. The highest BCUT2D eigenvalue weighted by Gasteiger charge is 2.12. The molecule has 0 saturated heterocycles. The van der Waals surface area contributed by atoms with Crippen LogP contribution in [-0.2, 0) is 0 Å². The second kappa shape index (κ2) is 6.32. The zero-order valence-corrected chi connectivity index (χ0v) is 15.0. The Morgan fingerprint density at radius 1 is 0.808 bits per heavy atom. The molecule has 26 heavy (non-hydrogen) atoms. The third kappa shape index (κ3) is 2.85. The molecule has 0 aliphatic carbocycles. The van der Waals surface area contributed by atoms with Crippen LogP contribution in [0, 0.1) is 6.92 Å². The average Bonchev–Trinajstić information content (AvgIpc) is 2.62. The van der Waals surface area contributed by atoms with Crippen molar-refractivity contribution in [2.24, 2.45) is 0 Å². The van der Waals surface area contributed by atoms with Crippen molar-refractivity contribution in [1.29, 1.82) is 0 Å². The van der Waals surface area contributed by atoms with Crippen LogP contribution in [0.5, 0.6) is 0 Å². The number of nitrogens with two attached hydrogens (primary N) is 2. The number of anilines is 2. The number of aromatic nitrogens is 2. The molecule has 0 spiro atoms. The zero-order valence-electron chi connectivity index (χ0n) is 14.2. The third-order valence-corrected chi connectivity index (χ3v) is 4.77. The smallest absolute Gasteiger partial charge is 0.222 e. The van der Waals surface area contributed by atoms with Crippen LogP contribution >= 0.6 is 11.6 Å². The lowest BCUT2D eigenvalue weighted by molar-refractivity contribution is 1.24. The van der Waals surface area contributed by atoms with Gasteiger partial charge in [0.05, 0.1) is 5.52 Å². The molecular formula is C21H17ClN4. The van der Waals surface area contributed by atoms with E-state index < -0.39 is 0 Å². The predicted molar refractivity (Wildman–Crippen MR) is 109 cm³/mol. The number of rotatable bonds is 2. The number of hydrogen-bond donors (Lipinski definition) is 2. The maximum Gasteiger partial charge on any atom is 0.222 e. The zero-order chi connectivity index (χ0) is 18.3. The first-order chi connectivity index (χ1) is 12.5. The van der Waals surface area contributed by atoms with Gasteiger partial charge in [-0.3, -0.25) is 0 Å². The van der Waals surface area contributed by atoms with Crippen LogP contribution in [-0.4, -0.2) is 9.97 Å². The molecule has 0 atom stereocenters. The van der Waals surface area contributed by atoms with Gasteiger partial charge in [0.25, 0.3) is 0 Å². The van der Waals surface area contributed by atoms with Crippen LogP contribution in [0.15, 0.2) is 60.7 Å². The number of nitrogen functional groups attached to an aromatic ring is 2. The van der Waals surface area contributed by atoms with Gasteiger partial charge in [0, 0.05) is 10.4 Å². The highest BCUT2D eigenvalue weighted by molar-refractivity contribution is 6.30. The van der Waals surface area contributed by atoms with Gasteiger partial charge in [-0.15, -0.1) is 0 Å². The molecule has 128 valence electrons. The van der Waals surface area contributed by atoms with E-state index in [0.717, 1.165) is 43.7 Å². The minimum Gasteiger partial charge on any atom is -0.383 e. The number of aryl methyl sites for hydroxylation is 1. The van der Waals surface area contributed by atoms with Gasteiger partial charge < -0.3 is 11.5 Å². The summed E-state index contributed by atoms with van der Waals surface area (Å²) in [5.74, 6) is 0.590. The number of halogens is 1. The fourth-order valence-electron chi connectivity index (χ4n) is 3.26. The Balaban J connectivity index is 1.87. The lowest BCUT2D eigenvalue weighted by Crippen LogP contribution is -2.02. The highest BCUT2D eigenvalue weighted by Crippen LogP contribution is 2.33. The Morgan fingerprint density at radius 3 is 2.31 bits per heavy atom. The molecule has 0 saturated carbocycles. The second-order valence-electron chi connectivity index (χ2n) is 6.19. The van der Waals surface area contributed by atoms with Crippen molar-refractivity contribution < 1.29 is 0 Å². The summed E-state index contributed by atoms with van der Waals surface area (Å²) in [5.41, 5.74) is 18.0. The molecule has 1 heterocycles. The van der Waals surface area contributed by atoms with Gasteiger partial charge >= 0.3 is 0 Å². The van der Waals surface area contributed by atoms with E-state index in [9.17, 15) is 0 Å². The first-order valence-electron chi connectivity index (χ1n) is 8.21. The van der Waals surface area contributed by atoms with E-state index in [1.165, 1.54) is 0 Å². The molecule has 3 aromatic carbocycles. The molecule has 0 aliphatic rings. The molecule has 4 N–H and O–H groups in total. The molecule has 4 aromatic rings. The molecule has 4 rings (SSSR count). The van der Waals surface area contributed by atoms with Crippen LogP contribution in [0.3, 0.4) is 0 Å². The Bertz CT molecular complexity index is 1120. The molecular weight excluding hydrogens is 344 g/mol. The number of benzene rings is 3. The predicted octanol–water partition coefficient (Wildman–Crippen LogP) is 5.09. The number of fused-ring (bicyclic) bond motifs is 1. The van der Waals surface area contributed by atoms with Crippen molar-refractivity contribution in [1.82, 2.24) is 9.97 Å². The maximum atomic E-state index is 6.10. The fourth-order valence-corrected chi connectivity index (χ4v) is 3.39. The Kier molecular flexibility index (Phi) is 3.98. The van der Waals surface area contributed by atoms with Crippen molar-refractivity contribution in [3.63, 3.8) is 0 Å². The summed E-state index contributed by atoms with van der Waals surface area (Å²) >= 11 is 6.00. The Labute approximate surface area is 156 Å². The van der Waals surface area contributed by atoms with Gasteiger partial charge in [-0.1, -0.05) is 48.0 Å². The maximum absolute atomic E-state index is 6.10. The lowest BCUT2D eigenvalue weighted by Gasteiger charge is -2.12. The minimum atomic E-state index is 0.187. The molecule has 5 heteroatoms. The molecule has 0 aliphatic heterocycles. The summed E-state index contributed by atoms with van der Waals surface area (Å²) in [6, 6.07) is 20.2. The molecule has 0 bridgehead atoms. The van der Waals surface area contributed by atoms with Crippen molar-refractivity contribution in [3.05, 3.63) is 71.2 Å².